The highest BCUT2D eigenvalue weighted by atomic mass is 79.9. The quantitative estimate of drug-likeness (QED) is 0.476. The summed E-state index contributed by atoms with van der Waals surface area (Å²) in [5, 5.41) is 16.8. The standard InChI is InChI=1S/C27H29BrN2O4/c1-14-8-6-7-9-18(14)30-26(33)22-15(2)29-19-12-27(3,4)13-20(31)24(19)23(22)16-10-17(28)25(32)21(11-16)34-5/h6-11,23,29,32H,12-13H2,1-5H3,(H,30,33). The van der Waals surface area contributed by atoms with Gasteiger partial charge in [0.1, 0.15) is 0 Å². The van der Waals surface area contributed by atoms with Crippen LogP contribution in [0.2, 0.25) is 0 Å². The predicted molar refractivity (Wildman–Crippen MR) is 136 cm³/mol. The molecule has 0 bridgehead atoms. The average molecular weight is 525 g/mol. The molecule has 1 aliphatic heterocycles. The molecule has 2 aliphatic rings. The fraction of sp³-hybridized carbons (Fsp3) is 0.333. The number of aromatic hydroxyl groups is 1. The van der Waals surface area contributed by atoms with Gasteiger partial charge < -0.3 is 20.5 Å². The molecule has 2 aromatic rings. The van der Waals surface area contributed by atoms with Gasteiger partial charge in [0.05, 0.1) is 11.6 Å². The molecule has 1 heterocycles. The van der Waals surface area contributed by atoms with Crippen LogP contribution in [0, 0.1) is 12.3 Å². The highest BCUT2D eigenvalue weighted by Crippen LogP contribution is 2.49. The molecule has 3 N–H and O–H groups in total. The number of phenols is 1. The van der Waals surface area contributed by atoms with E-state index in [0.717, 1.165) is 11.3 Å². The van der Waals surface area contributed by atoms with Gasteiger partial charge >= 0.3 is 0 Å². The molecule has 1 amide bonds. The molecule has 0 saturated heterocycles. The van der Waals surface area contributed by atoms with Crippen molar-refractivity contribution in [1.82, 2.24) is 5.32 Å². The molecule has 178 valence electrons. The SMILES string of the molecule is COc1cc(C2C(C(=O)Nc3ccccc3C)=C(C)NC3=C2C(=O)CC(C)(C)C3)cc(Br)c1O. The number of Topliss-reactive ketones (excluding diaryl/α,β-unsaturated/α-hetero) is 1. The second-order valence-corrected chi connectivity index (χ2v) is 10.6. The van der Waals surface area contributed by atoms with E-state index in [2.05, 4.69) is 40.4 Å². The zero-order chi connectivity index (χ0) is 24.8. The number of carbonyl (C=O) groups is 2. The number of halogens is 1. The first-order chi connectivity index (χ1) is 16.0. The van der Waals surface area contributed by atoms with E-state index in [1.807, 2.05) is 38.1 Å². The fourth-order valence-corrected chi connectivity index (χ4v) is 5.35. The zero-order valence-corrected chi connectivity index (χ0v) is 21.6. The van der Waals surface area contributed by atoms with Crippen molar-refractivity contribution in [2.45, 2.75) is 46.5 Å². The molecule has 7 heteroatoms. The topological polar surface area (TPSA) is 87.7 Å². The number of para-hydroxylation sites is 1. The van der Waals surface area contributed by atoms with Crippen LogP contribution in [0.25, 0.3) is 0 Å². The molecule has 0 spiro atoms. The molecule has 1 aliphatic carbocycles. The largest absolute Gasteiger partial charge is 0.503 e. The van der Waals surface area contributed by atoms with Crippen molar-refractivity contribution < 1.29 is 19.4 Å². The number of rotatable bonds is 4. The Kier molecular flexibility index (Phi) is 6.34. The summed E-state index contributed by atoms with van der Waals surface area (Å²) >= 11 is 3.40. The van der Waals surface area contributed by atoms with Gasteiger partial charge in [-0.2, -0.15) is 0 Å². The van der Waals surface area contributed by atoms with E-state index in [4.69, 9.17) is 4.74 Å². The van der Waals surface area contributed by atoms with Crippen molar-refractivity contribution in [3.8, 4) is 11.5 Å². The van der Waals surface area contributed by atoms with E-state index in [1.165, 1.54) is 7.11 Å². The molecule has 0 radical (unpaired) electrons. The number of methoxy groups -OCH3 is 1. The van der Waals surface area contributed by atoms with Crippen LogP contribution in [-0.2, 0) is 9.59 Å². The number of hydrogen-bond acceptors (Lipinski definition) is 5. The predicted octanol–water partition coefficient (Wildman–Crippen LogP) is 5.71. The van der Waals surface area contributed by atoms with Gasteiger partial charge in [0.15, 0.2) is 17.3 Å². The lowest BCUT2D eigenvalue weighted by atomic mass is 9.68. The summed E-state index contributed by atoms with van der Waals surface area (Å²) in [6.07, 6.45) is 1.09. The van der Waals surface area contributed by atoms with Crippen LogP contribution in [-0.4, -0.2) is 23.9 Å². The summed E-state index contributed by atoms with van der Waals surface area (Å²) in [7, 11) is 1.47. The first kappa shape index (κ1) is 24.1. The molecular weight excluding hydrogens is 496 g/mol. The Bertz CT molecular complexity index is 1260. The molecule has 0 fully saturated rings. The van der Waals surface area contributed by atoms with Crippen LogP contribution in [0.15, 0.2) is 63.4 Å². The van der Waals surface area contributed by atoms with Crippen molar-refractivity contribution in [1.29, 1.82) is 0 Å². The Morgan fingerprint density at radius 3 is 2.59 bits per heavy atom. The van der Waals surface area contributed by atoms with E-state index in [-0.39, 0.29) is 28.6 Å². The number of allylic oxidation sites excluding steroid dienone is 3. The number of ether oxygens (including phenoxy) is 1. The fourth-order valence-electron chi connectivity index (χ4n) is 4.89. The second-order valence-electron chi connectivity index (χ2n) is 9.75. The molecule has 0 aromatic heterocycles. The van der Waals surface area contributed by atoms with Gasteiger partial charge in [-0.1, -0.05) is 32.0 Å². The van der Waals surface area contributed by atoms with Crippen LogP contribution in [0.3, 0.4) is 0 Å². The van der Waals surface area contributed by atoms with Gasteiger partial charge in [0.25, 0.3) is 5.91 Å². The summed E-state index contributed by atoms with van der Waals surface area (Å²) < 4.78 is 5.81. The van der Waals surface area contributed by atoms with Crippen LogP contribution < -0.4 is 15.4 Å². The van der Waals surface area contributed by atoms with Crippen molar-refractivity contribution >= 4 is 33.3 Å². The number of anilines is 1. The van der Waals surface area contributed by atoms with Gasteiger partial charge in [-0.15, -0.1) is 0 Å². The summed E-state index contributed by atoms with van der Waals surface area (Å²) in [4.78, 5) is 27.2. The normalized spacial score (nSPS) is 19.5. The third-order valence-corrected chi connectivity index (χ3v) is 7.09. The Balaban J connectivity index is 1.88. The maximum absolute atomic E-state index is 13.7. The number of carbonyl (C=O) groups excluding carboxylic acids is 2. The number of nitrogens with one attached hydrogen (secondary N) is 2. The van der Waals surface area contributed by atoms with E-state index in [0.29, 0.717) is 45.4 Å². The van der Waals surface area contributed by atoms with Gasteiger partial charge in [-0.25, -0.2) is 0 Å². The van der Waals surface area contributed by atoms with Crippen molar-refractivity contribution in [2.24, 2.45) is 5.41 Å². The maximum Gasteiger partial charge on any atom is 0.254 e. The zero-order valence-electron chi connectivity index (χ0n) is 20.0. The molecule has 0 saturated carbocycles. The molecular formula is C27H29BrN2O4. The van der Waals surface area contributed by atoms with Gasteiger partial charge in [0, 0.05) is 40.6 Å². The van der Waals surface area contributed by atoms with Crippen molar-refractivity contribution in [3.63, 3.8) is 0 Å². The highest BCUT2D eigenvalue weighted by Gasteiger charge is 2.43. The lowest BCUT2D eigenvalue weighted by Crippen LogP contribution is -2.39. The highest BCUT2D eigenvalue weighted by molar-refractivity contribution is 9.10. The van der Waals surface area contributed by atoms with E-state index >= 15 is 0 Å². The first-order valence-electron chi connectivity index (χ1n) is 11.2. The van der Waals surface area contributed by atoms with Gasteiger partial charge in [0.2, 0.25) is 0 Å². The average Bonchev–Trinajstić information content (AvgIpc) is 2.75. The van der Waals surface area contributed by atoms with E-state index in [9.17, 15) is 14.7 Å². The minimum Gasteiger partial charge on any atom is -0.503 e. The summed E-state index contributed by atoms with van der Waals surface area (Å²) in [6, 6.07) is 11.0. The Hall–Kier alpha value is -3.06. The number of aryl methyl sites for hydroxylation is 1. The van der Waals surface area contributed by atoms with Crippen LogP contribution in [0.4, 0.5) is 5.69 Å². The molecule has 6 nitrogen and oxygen atoms in total. The number of amides is 1. The van der Waals surface area contributed by atoms with Crippen molar-refractivity contribution in [3.05, 3.63) is 74.5 Å². The molecule has 1 unspecified atom stereocenters. The molecule has 1 atom stereocenters. The van der Waals surface area contributed by atoms with Gasteiger partial charge in [-0.05, 0) is 70.9 Å². The van der Waals surface area contributed by atoms with Crippen LogP contribution in [0.5, 0.6) is 11.5 Å². The lowest BCUT2D eigenvalue weighted by Gasteiger charge is -2.39. The first-order valence-corrected chi connectivity index (χ1v) is 12.0. The Morgan fingerprint density at radius 1 is 1.21 bits per heavy atom. The van der Waals surface area contributed by atoms with Crippen molar-refractivity contribution in [2.75, 3.05) is 12.4 Å². The summed E-state index contributed by atoms with van der Waals surface area (Å²) in [5.41, 5.74) is 4.78. The monoisotopic (exact) mass is 524 g/mol. The van der Waals surface area contributed by atoms with Crippen LogP contribution >= 0.6 is 15.9 Å². The number of benzene rings is 2. The maximum atomic E-state index is 13.7. The second kappa shape index (κ2) is 8.95. The number of ketones is 1. The minimum atomic E-state index is -0.602. The Labute approximate surface area is 208 Å². The third-order valence-electron chi connectivity index (χ3n) is 6.48. The number of phenolic OH excluding ortho intramolecular Hbond substituents is 1. The smallest absolute Gasteiger partial charge is 0.254 e. The molecule has 4 rings (SSSR count). The summed E-state index contributed by atoms with van der Waals surface area (Å²) in [5.74, 6) is -0.631. The Morgan fingerprint density at radius 2 is 1.91 bits per heavy atom. The third kappa shape index (κ3) is 4.37. The number of dihydropyridines is 1. The minimum absolute atomic E-state index is 0.0144. The molecule has 34 heavy (non-hydrogen) atoms. The lowest BCUT2D eigenvalue weighted by molar-refractivity contribution is -0.118. The van der Waals surface area contributed by atoms with E-state index < -0.39 is 5.92 Å². The van der Waals surface area contributed by atoms with Gasteiger partial charge in [-0.3, -0.25) is 9.59 Å². The summed E-state index contributed by atoms with van der Waals surface area (Å²) in [6.45, 7) is 7.95. The molecule has 2 aromatic carbocycles. The van der Waals surface area contributed by atoms with Crippen LogP contribution in [0.1, 0.15) is 50.7 Å². The number of hydrogen-bond donors (Lipinski definition) is 3. The van der Waals surface area contributed by atoms with E-state index in [1.54, 1.807) is 12.1 Å².